The van der Waals surface area contributed by atoms with Gasteiger partial charge in [0.15, 0.2) is 0 Å². The molecular formula is C16H25NO3. The Morgan fingerprint density at radius 1 is 1.20 bits per heavy atom. The Balaban J connectivity index is 2.05. The second-order valence-corrected chi connectivity index (χ2v) is 6.44. The summed E-state index contributed by atoms with van der Waals surface area (Å²) in [5, 5.41) is 9.31. The number of hydrogen-bond donors (Lipinski definition) is 1. The quantitative estimate of drug-likeness (QED) is 0.760. The number of aliphatic carboxylic acids is 1. The van der Waals surface area contributed by atoms with Crippen LogP contribution in [-0.4, -0.2) is 34.5 Å². The second-order valence-electron chi connectivity index (χ2n) is 6.44. The first kappa shape index (κ1) is 15.1. The van der Waals surface area contributed by atoms with Gasteiger partial charge < -0.3 is 10.0 Å². The molecule has 0 aromatic carbocycles. The fourth-order valence-corrected chi connectivity index (χ4v) is 2.83. The number of rotatable bonds is 6. The van der Waals surface area contributed by atoms with Gasteiger partial charge in [0.05, 0.1) is 11.8 Å². The van der Waals surface area contributed by atoms with E-state index in [1.165, 1.54) is 0 Å². The number of hydrogen-bond acceptors (Lipinski definition) is 2. The molecule has 4 nitrogen and oxygen atoms in total. The molecule has 0 spiro atoms. The summed E-state index contributed by atoms with van der Waals surface area (Å²) in [6, 6.07) is 0.363. The highest BCUT2D eigenvalue weighted by Gasteiger charge is 2.40. The van der Waals surface area contributed by atoms with Crippen LogP contribution in [-0.2, 0) is 9.59 Å². The summed E-state index contributed by atoms with van der Waals surface area (Å²) in [7, 11) is 0. The number of carboxylic acids is 1. The normalized spacial score (nSPS) is 25.8. The van der Waals surface area contributed by atoms with Crippen molar-refractivity contribution in [2.24, 2.45) is 17.8 Å². The number of carbonyl (C=O) groups excluding carboxylic acids is 1. The van der Waals surface area contributed by atoms with Crippen LogP contribution in [0.5, 0.6) is 0 Å². The molecule has 0 aromatic rings. The Hall–Kier alpha value is -1.32. The average Bonchev–Trinajstić information content (AvgIpc) is 3.23. The van der Waals surface area contributed by atoms with E-state index in [2.05, 4.69) is 13.8 Å². The molecule has 2 atom stereocenters. The number of nitrogens with zero attached hydrogens (tertiary/aromatic N) is 1. The predicted molar refractivity (Wildman–Crippen MR) is 77.2 cm³/mol. The van der Waals surface area contributed by atoms with Crippen molar-refractivity contribution >= 4 is 11.9 Å². The van der Waals surface area contributed by atoms with Crippen LogP contribution >= 0.6 is 0 Å². The van der Waals surface area contributed by atoms with E-state index in [4.69, 9.17) is 0 Å². The summed E-state index contributed by atoms with van der Waals surface area (Å²) in [4.78, 5) is 26.0. The Labute approximate surface area is 120 Å². The van der Waals surface area contributed by atoms with E-state index >= 15 is 0 Å². The fourth-order valence-electron chi connectivity index (χ4n) is 2.83. The summed E-state index contributed by atoms with van der Waals surface area (Å²) in [5.74, 6) is -1.14. The summed E-state index contributed by atoms with van der Waals surface area (Å²) >= 11 is 0. The lowest BCUT2D eigenvalue weighted by atomic mass is 9.82. The van der Waals surface area contributed by atoms with Crippen LogP contribution < -0.4 is 0 Å². The molecule has 0 unspecified atom stereocenters. The monoisotopic (exact) mass is 279 g/mol. The van der Waals surface area contributed by atoms with Gasteiger partial charge in [-0.3, -0.25) is 9.59 Å². The number of carboxylic acid groups (broad SMARTS) is 1. The summed E-state index contributed by atoms with van der Waals surface area (Å²) in [6.45, 7) is 5.08. The average molecular weight is 279 g/mol. The molecule has 1 saturated carbocycles. The smallest absolute Gasteiger partial charge is 0.307 e. The first-order valence-electron chi connectivity index (χ1n) is 7.69. The van der Waals surface area contributed by atoms with E-state index in [0.29, 0.717) is 24.8 Å². The van der Waals surface area contributed by atoms with Gasteiger partial charge in [-0.25, -0.2) is 0 Å². The number of carbonyl (C=O) groups is 2. The third-order valence-electron chi connectivity index (χ3n) is 4.28. The van der Waals surface area contributed by atoms with Crippen molar-refractivity contribution < 1.29 is 14.7 Å². The summed E-state index contributed by atoms with van der Waals surface area (Å²) in [5.41, 5.74) is 0. The molecule has 0 radical (unpaired) electrons. The maximum absolute atomic E-state index is 12.7. The predicted octanol–water partition coefficient (Wildman–Crippen LogP) is 2.69. The van der Waals surface area contributed by atoms with Crippen LogP contribution in [0.2, 0.25) is 0 Å². The molecule has 1 N–H and O–H groups in total. The van der Waals surface area contributed by atoms with Gasteiger partial charge in [-0.05, 0) is 38.0 Å². The van der Waals surface area contributed by atoms with E-state index in [1.807, 2.05) is 17.1 Å². The lowest BCUT2D eigenvalue weighted by Crippen LogP contribution is -2.43. The molecule has 4 heteroatoms. The zero-order valence-corrected chi connectivity index (χ0v) is 12.4. The van der Waals surface area contributed by atoms with Crippen LogP contribution in [0.3, 0.4) is 0 Å². The van der Waals surface area contributed by atoms with Crippen molar-refractivity contribution in [2.75, 3.05) is 6.54 Å². The maximum atomic E-state index is 12.7. The second kappa shape index (κ2) is 6.42. The third-order valence-corrected chi connectivity index (χ3v) is 4.28. The first-order chi connectivity index (χ1) is 9.50. The van der Waals surface area contributed by atoms with Gasteiger partial charge in [0.1, 0.15) is 0 Å². The van der Waals surface area contributed by atoms with Gasteiger partial charge >= 0.3 is 5.97 Å². The van der Waals surface area contributed by atoms with Gasteiger partial charge in [-0.1, -0.05) is 26.0 Å². The van der Waals surface area contributed by atoms with Crippen LogP contribution in [0.1, 0.15) is 46.0 Å². The van der Waals surface area contributed by atoms with Gasteiger partial charge in [0.25, 0.3) is 0 Å². The molecule has 20 heavy (non-hydrogen) atoms. The molecule has 0 aromatic heterocycles. The van der Waals surface area contributed by atoms with E-state index < -0.39 is 11.9 Å². The van der Waals surface area contributed by atoms with Crippen molar-refractivity contribution in [3.05, 3.63) is 12.2 Å². The molecular weight excluding hydrogens is 254 g/mol. The fraction of sp³-hybridized carbons (Fsp3) is 0.750. The van der Waals surface area contributed by atoms with Crippen molar-refractivity contribution in [1.29, 1.82) is 0 Å². The van der Waals surface area contributed by atoms with E-state index in [9.17, 15) is 14.7 Å². The van der Waals surface area contributed by atoms with E-state index in [-0.39, 0.29) is 11.8 Å². The number of allylic oxidation sites excluding steroid dienone is 2. The third kappa shape index (κ3) is 3.62. The SMILES string of the molecule is CC(C)CCN(C(=O)[C@@H]1CC=CC[C@@H]1C(=O)O)C1CC1. The summed E-state index contributed by atoms with van der Waals surface area (Å²) in [6.07, 6.45) is 8.03. The largest absolute Gasteiger partial charge is 0.481 e. The standard InChI is InChI=1S/C16H25NO3/c1-11(2)9-10-17(12-7-8-12)15(18)13-5-3-4-6-14(13)16(19)20/h3-4,11-14H,5-10H2,1-2H3,(H,19,20)/t13-,14+/m1/s1. The number of amides is 1. The van der Waals surface area contributed by atoms with Crippen molar-refractivity contribution in [3.8, 4) is 0 Å². The highest BCUT2D eigenvalue weighted by Crippen LogP contribution is 2.33. The Morgan fingerprint density at radius 3 is 2.30 bits per heavy atom. The summed E-state index contributed by atoms with van der Waals surface area (Å²) < 4.78 is 0. The Bertz CT molecular complexity index is 399. The molecule has 112 valence electrons. The van der Waals surface area contributed by atoms with Crippen LogP contribution in [0, 0.1) is 17.8 Å². The van der Waals surface area contributed by atoms with Gasteiger partial charge in [-0.15, -0.1) is 0 Å². The molecule has 2 aliphatic rings. The molecule has 0 saturated heterocycles. The molecule has 0 bridgehead atoms. The molecule has 2 rings (SSSR count). The molecule has 2 aliphatic carbocycles. The van der Waals surface area contributed by atoms with Crippen LogP contribution in [0.4, 0.5) is 0 Å². The lowest BCUT2D eigenvalue weighted by Gasteiger charge is -2.31. The van der Waals surface area contributed by atoms with E-state index in [0.717, 1.165) is 25.8 Å². The minimum absolute atomic E-state index is 0.0601. The molecule has 1 fully saturated rings. The molecule has 0 aliphatic heterocycles. The highest BCUT2D eigenvalue weighted by molar-refractivity contribution is 5.85. The van der Waals surface area contributed by atoms with Crippen molar-refractivity contribution in [2.45, 2.75) is 52.0 Å². The topological polar surface area (TPSA) is 57.6 Å². The zero-order chi connectivity index (χ0) is 14.7. The van der Waals surface area contributed by atoms with Gasteiger partial charge in [0, 0.05) is 12.6 Å². The zero-order valence-electron chi connectivity index (χ0n) is 12.4. The van der Waals surface area contributed by atoms with Crippen LogP contribution in [0.25, 0.3) is 0 Å². The molecule has 0 heterocycles. The maximum Gasteiger partial charge on any atom is 0.307 e. The van der Waals surface area contributed by atoms with Gasteiger partial charge in [-0.2, -0.15) is 0 Å². The van der Waals surface area contributed by atoms with Crippen molar-refractivity contribution in [1.82, 2.24) is 4.90 Å². The minimum atomic E-state index is -0.840. The first-order valence-corrected chi connectivity index (χ1v) is 7.69. The minimum Gasteiger partial charge on any atom is -0.481 e. The van der Waals surface area contributed by atoms with Crippen LogP contribution in [0.15, 0.2) is 12.2 Å². The highest BCUT2D eigenvalue weighted by atomic mass is 16.4. The lowest BCUT2D eigenvalue weighted by molar-refractivity contribution is -0.151. The molecule has 1 amide bonds. The van der Waals surface area contributed by atoms with Gasteiger partial charge in [0.2, 0.25) is 5.91 Å². The Kier molecular flexibility index (Phi) is 4.84. The van der Waals surface area contributed by atoms with E-state index in [1.54, 1.807) is 0 Å². The van der Waals surface area contributed by atoms with Crippen molar-refractivity contribution in [3.63, 3.8) is 0 Å². The Morgan fingerprint density at radius 2 is 1.80 bits per heavy atom.